The molecular formula is C24H27N3Na2O5S2. The fraction of sp³-hybridized carbons (Fsp3) is 0.167. The Labute approximate surface area is 256 Å². The molecule has 0 saturated heterocycles. The van der Waals surface area contributed by atoms with Gasteiger partial charge in [0.15, 0.2) is 0 Å². The predicted molar refractivity (Wildman–Crippen MR) is 146 cm³/mol. The van der Waals surface area contributed by atoms with Crippen LogP contribution in [0, 0.1) is 0 Å². The molecule has 0 unspecified atom stereocenters. The third-order valence-electron chi connectivity index (χ3n) is 5.56. The van der Waals surface area contributed by atoms with Crippen LogP contribution in [0.25, 0.3) is 23.3 Å². The zero-order valence-corrected chi connectivity index (χ0v) is 20.1. The number of nitrogens with one attached hydrogen (secondary N) is 1. The van der Waals surface area contributed by atoms with Gasteiger partial charge in [-0.25, -0.2) is 27.1 Å². The first-order valence-electron chi connectivity index (χ1n) is 10.5. The summed E-state index contributed by atoms with van der Waals surface area (Å²) in [5.74, 6) is 0.363. The molecule has 0 bridgehead atoms. The Kier molecular flexibility index (Phi) is 11.0. The molecule has 0 saturated carbocycles. The third kappa shape index (κ3) is 6.89. The molecule has 0 atom stereocenters. The van der Waals surface area contributed by atoms with Gasteiger partial charge < -0.3 is 10.1 Å². The van der Waals surface area contributed by atoms with Gasteiger partial charge in [-0.2, -0.15) is 0 Å². The van der Waals surface area contributed by atoms with Gasteiger partial charge in [-0.1, -0.05) is 48.6 Å². The number of primary sulfonamides is 2. The molecule has 1 aliphatic rings. The van der Waals surface area contributed by atoms with E-state index in [4.69, 9.17) is 15.0 Å². The maximum absolute atomic E-state index is 12.7. The number of ether oxygens (including phenoxy) is 1. The molecule has 3 aromatic carbocycles. The normalized spacial score (nSPS) is 13.1. The van der Waals surface area contributed by atoms with Crippen molar-refractivity contribution in [2.24, 2.45) is 10.3 Å². The minimum absolute atomic E-state index is 0. The van der Waals surface area contributed by atoms with Crippen LogP contribution in [0.15, 0.2) is 64.4 Å². The van der Waals surface area contributed by atoms with E-state index in [-0.39, 0.29) is 68.9 Å². The predicted octanol–water partition coefficient (Wildman–Crippen LogP) is 1.52. The Hall–Kier alpha value is -1.02. The fourth-order valence-corrected chi connectivity index (χ4v) is 5.83. The summed E-state index contributed by atoms with van der Waals surface area (Å²) in [7, 11) is -8.18. The van der Waals surface area contributed by atoms with E-state index in [1.54, 1.807) is 37.3 Å². The zero-order chi connectivity index (χ0) is 24.5. The van der Waals surface area contributed by atoms with Gasteiger partial charge in [0.2, 0.25) is 20.0 Å². The van der Waals surface area contributed by atoms with Gasteiger partial charge in [-0.15, -0.1) is 0 Å². The van der Waals surface area contributed by atoms with Gasteiger partial charge in [0.05, 0.1) is 16.4 Å². The molecule has 0 aliphatic carbocycles. The van der Waals surface area contributed by atoms with E-state index in [1.807, 2.05) is 18.2 Å². The van der Waals surface area contributed by atoms with Gasteiger partial charge in [-0.3, -0.25) is 0 Å². The van der Waals surface area contributed by atoms with Crippen LogP contribution in [0.1, 0.15) is 29.2 Å². The van der Waals surface area contributed by atoms with Crippen LogP contribution in [-0.2, 0) is 33.1 Å². The third-order valence-corrected chi connectivity index (χ3v) is 7.55. The number of sulfonamides is 2. The zero-order valence-electron chi connectivity index (χ0n) is 18.5. The average molecular weight is 548 g/mol. The minimum atomic E-state index is -4.12. The first kappa shape index (κ1) is 31.2. The van der Waals surface area contributed by atoms with Crippen LogP contribution in [0.3, 0.4) is 0 Å². The Morgan fingerprint density at radius 2 is 1.53 bits per heavy atom. The molecule has 0 radical (unpaired) electrons. The van der Waals surface area contributed by atoms with E-state index in [1.165, 1.54) is 18.2 Å². The molecule has 5 N–H and O–H groups in total. The first-order valence-corrected chi connectivity index (χ1v) is 13.6. The van der Waals surface area contributed by atoms with Crippen molar-refractivity contribution < 1.29 is 21.6 Å². The van der Waals surface area contributed by atoms with Crippen molar-refractivity contribution in [1.29, 1.82) is 0 Å². The average Bonchev–Trinajstić information content (AvgIpc) is 3.26. The SMILES string of the molecule is CCOc1ccc(C=Cc2cccc(-c3cccc4c3CNC4)c2S(N)(=O)=O)c(S(N)(=O)=O)c1.[NaH].[NaH]. The molecule has 1 heterocycles. The van der Waals surface area contributed by atoms with E-state index in [0.29, 0.717) is 42.1 Å². The second kappa shape index (κ2) is 12.7. The molecule has 0 amide bonds. The van der Waals surface area contributed by atoms with E-state index < -0.39 is 20.0 Å². The molecule has 1 aliphatic heterocycles. The monoisotopic (exact) mass is 547 g/mol. The van der Waals surface area contributed by atoms with Crippen molar-refractivity contribution in [3.05, 3.63) is 76.9 Å². The van der Waals surface area contributed by atoms with Gasteiger partial charge in [-0.05, 0) is 46.9 Å². The van der Waals surface area contributed by atoms with Crippen molar-refractivity contribution in [2.45, 2.75) is 29.8 Å². The fourth-order valence-electron chi connectivity index (χ4n) is 4.13. The molecule has 3 aromatic rings. The van der Waals surface area contributed by atoms with Crippen LogP contribution in [0.5, 0.6) is 5.75 Å². The van der Waals surface area contributed by atoms with Gasteiger partial charge in [0.25, 0.3) is 0 Å². The number of fused-ring (bicyclic) bond motifs is 1. The molecule has 0 spiro atoms. The summed E-state index contributed by atoms with van der Waals surface area (Å²) in [4.78, 5) is -0.162. The summed E-state index contributed by atoms with van der Waals surface area (Å²) in [6, 6.07) is 15.3. The Bertz CT molecular complexity index is 1510. The summed E-state index contributed by atoms with van der Waals surface area (Å²) >= 11 is 0. The Balaban J connectivity index is 0.00000228. The van der Waals surface area contributed by atoms with E-state index in [9.17, 15) is 16.8 Å². The van der Waals surface area contributed by atoms with E-state index in [0.717, 1.165) is 16.7 Å². The van der Waals surface area contributed by atoms with Crippen molar-refractivity contribution in [3.8, 4) is 16.9 Å². The van der Waals surface area contributed by atoms with Crippen LogP contribution < -0.4 is 20.3 Å². The van der Waals surface area contributed by atoms with Crippen LogP contribution >= 0.6 is 0 Å². The standard InChI is InChI=1S/C24H25N3O5S2.2Na.2H/c1-2-32-19-12-11-16(23(13-19)33(25,28)29)9-10-17-5-3-8-21(24(17)34(26,30)31)20-7-4-6-18-14-27-15-22(18)20;;;;/h3-13,27H,2,14-15H2,1H3,(H2,25,28,29)(H2,26,30,31);;;;. The number of hydrogen-bond donors (Lipinski definition) is 3. The second-order valence-corrected chi connectivity index (χ2v) is 10.9. The van der Waals surface area contributed by atoms with Gasteiger partial charge in [0, 0.05) is 24.7 Å². The van der Waals surface area contributed by atoms with Gasteiger partial charge >= 0.3 is 59.1 Å². The number of rotatable bonds is 7. The Morgan fingerprint density at radius 1 is 0.861 bits per heavy atom. The summed E-state index contributed by atoms with van der Waals surface area (Å²) in [6.45, 7) is 3.48. The van der Waals surface area contributed by atoms with Crippen molar-refractivity contribution in [3.63, 3.8) is 0 Å². The molecule has 0 fully saturated rings. The summed E-state index contributed by atoms with van der Waals surface area (Å²) in [5, 5.41) is 14.3. The van der Waals surface area contributed by atoms with E-state index >= 15 is 0 Å². The molecule has 8 nitrogen and oxygen atoms in total. The number of benzene rings is 3. The van der Waals surface area contributed by atoms with Crippen LogP contribution in [0.4, 0.5) is 0 Å². The summed E-state index contributed by atoms with van der Waals surface area (Å²) < 4.78 is 55.1. The molecular weight excluding hydrogens is 520 g/mol. The summed E-state index contributed by atoms with van der Waals surface area (Å²) in [6.07, 6.45) is 3.02. The van der Waals surface area contributed by atoms with Crippen molar-refractivity contribution in [2.75, 3.05) is 6.61 Å². The van der Waals surface area contributed by atoms with Crippen molar-refractivity contribution in [1.82, 2.24) is 5.32 Å². The molecule has 182 valence electrons. The Morgan fingerprint density at radius 3 is 2.19 bits per heavy atom. The maximum atomic E-state index is 12.7. The second-order valence-electron chi connectivity index (χ2n) is 7.83. The number of hydrogen-bond acceptors (Lipinski definition) is 6. The molecule has 0 aromatic heterocycles. The summed E-state index contributed by atoms with van der Waals surface area (Å²) in [5.41, 5.74) is 4.03. The topological polar surface area (TPSA) is 142 Å². The molecule has 12 heteroatoms. The van der Waals surface area contributed by atoms with Crippen LogP contribution in [-0.4, -0.2) is 82.6 Å². The molecule has 36 heavy (non-hydrogen) atoms. The number of nitrogens with two attached hydrogens (primary N) is 2. The quantitative estimate of drug-likeness (QED) is 0.303. The van der Waals surface area contributed by atoms with Gasteiger partial charge in [0.1, 0.15) is 5.75 Å². The van der Waals surface area contributed by atoms with E-state index in [2.05, 4.69) is 5.32 Å². The molecule has 4 rings (SSSR count). The van der Waals surface area contributed by atoms with Crippen molar-refractivity contribution >= 4 is 91.3 Å². The first-order chi connectivity index (χ1) is 16.1. The van der Waals surface area contributed by atoms with Crippen LogP contribution in [0.2, 0.25) is 0 Å².